The Hall–Kier alpha value is -3.86. The minimum absolute atomic E-state index is 0.123. The minimum atomic E-state index is -0.741. The second-order valence-corrected chi connectivity index (χ2v) is 7.82. The van der Waals surface area contributed by atoms with Crippen LogP contribution in [-0.2, 0) is 18.3 Å². The first-order chi connectivity index (χ1) is 15.8. The van der Waals surface area contributed by atoms with Crippen LogP contribution in [0.2, 0.25) is 0 Å². The summed E-state index contributed by atoms with van der Waals surface area (Å²) < 4.78 is 24.5. The van der Waals surface area contributed by atoms with Crippen molar-refractivity contribution in [1.82, 2.24) is 28.9 Å². The summed E-state index contributed by atoms with van der Waals surface area (Å²) in [6.07, 6.45) is 1.61. The first kappa shape index (κ1) is 22.3. The molecule has 1 aromatic carbocycles. The molecule has 10 nitrogen and oxygen atoms in total. The lowest BCUT2D eigenvalue weighted by molar-refractivity contribution is 0.102. The summed E-state index contributed by atoms with van der Waals surface area (Å²) >= 11 is 0. The molecule has 0 spiro atoms. The van der Waals surface area contributed by atoms with Gasteiger partial charge in [-0.3, -0.25) is 13.9 Å². The second-order valence-electron chi connectivity index (χ2n) is 7.82. The van der Waals surface area contributed by atoms with Gasteiger partial charge in [0.25, 0.3) is 5.91 Å². The zero-order chi connectivity index (χ0) is 23.7. The fourth-order valence-electron chi connectivity index (χ4n) is 3.61. The number of nitrogens with one attached hydrogen (secondary N) is 1. The van der Waals surface area contributed by atoms with E-state index in [-0.39, 0.29) is 29.7 Å². The molecule has 0 aliphatic rings. The van der Waals surface area contributed by atoms with E-state index in [9.17, 15) is 14.0 Å². The molecule has 4 aromatic rings. The molecule has 0 atom stereocenters. The highest BCUT2D eigenvalue weighted by Gasteiger charge is 2.19. The summed E-state index contributed by atoms with van der Waals surface area (Å²) in [5.41, 5.74) is 0.835. The SMILES string of the molecule is COCCn1c(=O)n(C)c2cc(F)c(C(=O)Nc3cccc(-c4nncn4C(C)C)n3)cc21. The third-order valence-corrected chi connectivity index (χ3v) is 5.35. The highest BCUT2D eigenvalue weighted by molar-refractivity contribution is 6.05. The number of fused-ring (bicyclic) bond motifs is 1. The number of aromatic nitrogens is 6. The average Bonchev–Trinajstić information content (AvgIpc) is 3.37. The van der Waals surface area contributed by atoms with Crippen molar-refractivity contribution in [2.75, 3.05) is 19.0 Å². The predicted octanol–water partition coefficient (Wildman–Crippen LogP) is 2.61. The van der Waals surface area contributed by atoms with Crippen molar-refractivity contribution in [3.63, 3.8) is 0 Å². The second kappa shape index (κ2) is 8.94. The van der Waals surface area contributed by atoms with E-state index in [0.717, 1.165) is 0 Å². The van der Waals surface area contributed by atoms with E-state index in [1.54, 1.807) is 31.6 Å². The molecular weight excluding hydrogens is 429 g/mol. The minimum Gasteiger partial charge on any atom is -0.383 e. The Morgan fingerprint density at radius 1 is 1.24 bits per heavy atom. The van der Waals surface area contributed by atoms with Crippen molar-refractivity contribution in [2.45, 2.75) is 26.4 Å². The Balaban J connectivity index is 1.68. The number of aryl methyl sites for hydroxylation is 1. The largest absolute Gasteiger partial charge is 0.383 e. The van der Waals surface area contributed by atoms with Crippen LogP contribution in [0.25, 0.3) is 22.6 Å². The third-order valence-electron chi connectivity index (χ3n) is 5.35. The quantitative estimate of drug-likeness (QED) is 0.461. The molecule has 11 heteroatoms. The number of rotatable bonds is 7. The van der Waals surface area contributed by atoms with E-state index >= 15 is 0 Å². The van der Waals surface area contributed by atoms with Gasteiger partial charge in [0.05, 0.1) is 29.7 Å². The van der Waals surface area contributed by atoms with E-state index in [4.69, 9.17) is 4.74 Å². The van der Waals surface area contributed by atoms with E-state index in [2.05, 4.69) is 20.5 Å². The fraction of sp³-hybridized carbons (Fsp3) is 0.318. The van der Waals surface area contributed by atoms with Gasteiger partial charge >= 0.3 is 5.69 Å². The highest BCUT2D eigenvalue weighted by Crippen LogP contribution is 2.22. The Kier molecular flexibility index (Phi) is 6.05. The normalized spacial score (nSPS) is 11.5. The number of carbonyl (C=O) groups excluding carboxylic acids is 1. The maximum absolute atomic E-state index is 14.8. The Bertz CT molecular complexity index is 1390. The molecule has 3 heterocycles. The Labute approximate surface area is 188 Å². The van der Waals surface area contributed by atoms with Gasteiger partial charge in [0, 0.05) is 26.3 Å². The number of carbonyl (C=O) groups is 1. The van der Waals surface area contributed by atoms with Crippen LogP contribution in [0, 0.1) is 5.82 Å². The van der Waals surface area contributed by atoms with Crippen LogP contribution in [-0.4, -0.2) is 48.5 Å². The van der Waals surface area contributed by atoms with Gasteiger partial charge < -0.3 is 14.6 Å². The molecule has 0 aliphatic carbocycles. The summed E-state index contributed by atoms with van der Waals surface area (Å²) in [5, 5.41) is 10.7. The number of pyridine rings is 1. The number of imidazole rings is 1. The third kappa shape index (κ3) is 4.14. The number of ether oxygens (including phenoxy) is 1. The number of anilines is 1. The van der Waals surface area contributed by atoms with Crippen LogP contribution in [0.3, 0.4) is 0 Å². The number of halogens is 1. The summed E-state index contributed by atoms with van der Waals surface area (Å²) in [5.74, 6) is -0.630. The maximum Gasteiger partial charge on any atom is 0.328 e. The molecular formula is C22H24FN7O3. The van der Waals surface area contributed by atoms with Crippen molar-refractivity contribution in [2.24, 2.45) is 7.05 Å². The number of benzene rings is 1. The zero-order valence-electron chi connectivity index (χ0n) is 18.7. The monoisotopic (exact) mass is 453 g/mol. The molecule has 0 unspecified atom stereocenters. The number of methoxy groups -OCH3 is 1. The van der Waals surface area contributed by atoms with Crippen LogP contribution in [0.15, 0.2) is 41.5 Å². The molecule has 0 fully saturated rings. The molecule has 0 saturated carbocycles. The molecule has 0 radical (unpaired) electrons. The Morgan fingerprint density at radius 2 is 2.03 bits per heavy atom. The smallest absolute Gasteiger partial charge is 0.328 e. The van der Waals surface area contributed by atoms with Gasteiger partial charge in [0.15, 0.2) is 5.82 Å². The molecule has 0 bridgehead atoms. The highest BCUT2D eigenvalue weighted by atomic mass is 19.1. The number of hydrogen-bond acceptors (Lipinski definition) is 6. The van der Waals surface area contributed by atoms with Gasteiger partial charge in [0.1, 0.15) is 23.7 Å². The van der Waals surface area contributed by atoms with Crippen LogP contribution >= 0.6 is 0 Å². The van der Waals surface area contributed by atoms with Gasteiger partial charge in [-0.05, 0) is 32.0 Å². The van der Waals surface area contributed by atoms with E-state index in [1.165, 1.54) is 28.4 Å². The summed E-state index contributed by atoms with van der Waals surface area (Å²) in [7, 11) is 3.08. The summed E-state index contributed by atoms with van der Waals surface area (Å²) in [6, 6.07) is 7.75. The molecule has 1 N–H and O–H groups in total. The molecule has 4 rings (SSSR count). The first-order valence-corrected chi connectivity index (χ1v) is 10.4. The van der Waals surface area contributed by atoms with Gasteiger partial charge in [-0.2, -0.15) is 0 Å². The standard InChI is InChI=1S/C22H24FN7O3/c1-13(2)30-12-24-27-20(30)16-6-5-7-19(25-16)26-21(31)14-10-18-17(11-15(14)23)28(3)22(32)29(18)8-9-33-4/h5-7,10-13H,8-9H2,1-4H3,(H,25,26,31). The zero-order valence-corrected chi connectivity index (χ0v) is 18.7. The fourth-order valence-corrected chi connectivity index (χ4v) is 3.61. The lowest BCUT2D eigenvalue weighted by Gasteiger charge is -2.11. The van der Waals surface area contributed by atoms with Crippen molar-refractivity contribution in [3.8, 4) is 11.5 Å². The van der Waals surface area contributed by atoms with Crippen LogP contribution in [0.1, 0.15) is 30.2 Å². The number of nitrogens with zero attached hydrogens (tertiary/aromatic N) is 6. The van der Waals surface area contributed by atoms with E-state index < -0.39 is 11.7 Å². The topological polar surface area (TPSA) is 109 Å². The van der Waals surface area contributed by atoms with Crippen molar-refractivity contribution < 1.29 is 13.9 Å². The van der Waals surface area contributed by atoms with Gasteiger partial charge in [-0.15, -0.1) is 10.2 Å². The van der Waals surface area contributed by atoms with E-state index in [0.29, 0.717) is 29.2 Å². The molecule has 3 aromatic heterocycles. The molecule has 0 aliphatic heterocycles. The van der Waals surface area contributed by atoms with Crippen molar-refractivity contribution in [3.05, 3.63) is 58.5 Å². The van der Waals surface area contributed by atoms with Gasteiger partial charge in [-0.1, -0.05) is 6.07 Å². The Morgan fingerprint density at radius 3 is 2.76 bits per heavy atom. The number of amides is 1. The lowest BCUT2D eigenvalue weighted by atomic mass is 10.1. The van der Waals surface area contributed by atoms with E-state index in [1.807, 2.05) is 18.4 Å². The van der Waals surface area contributed by atoms with Crippen molar-refractivity contribution in [1.29, 1.82) is 0 Å². The summed E-state index contributed by atoms with van der Waals surface area (Å²) in [6.45, 7) is 4.57. The van der Waals surface area contributed by atoms with Crippen molar-refractivity contribution >= 4 is 22.8 Å². The predicted molar refractivity (Wildman–Crippen MR) is 121 cm³/mol. The average molecular weight is 453 g/mol. The first-order valence-electron chi connectivity index (χ1n) is 10.4. The number of hydrogen-bond donors (Lipinski definition) is 1. The van der Waals surface area contributed by atoms with Gasteiger partial charge in [-0.25, -0.2) is 14.2 Å². The molecule has 33 heavy (non-hydrogen) atoms. The maximum atomic E-state index is 14.8. The summed E-state index contributed by atoms with van der Waals surface area (Å²) in [4.78, 5) is 29.9. The van der Waals surface area contributed by atoms with Gasteiger partial charge in [0.2, 0.25) is 0 Å². The van der Waals surface area contributed by atoms with Crippen LogP contribution in [0.4, 0.5) is 10.2 Å². The molecule has 172 valence electrons. The molecule has 0 saturated heterocycles. The molecule has 1 amide bonds. The van der Waals surface area contributed by atoms with Crippen LogP contribution < -0.4 is 11.0 Å². The lowest BCUT2D eigenvalue weighted by Crippen LogP contribution is -2.23. The van der Waals surface area contributed by atoms with Crippen LogP contribution in [0.5, 0.6) is 0 Å².